The van der Waals surface area contributed by atoms with Crippen LogP contribution in [0.5, 0.6) is 5.75 Å². The van der Waals surface area contributed by atoms with Crippen LogP contribution in [0.15, 0.2) is 22.7 Å². The van der Waals surface area contributed by atoms with E-state index in [2.05, 4.69) is 28.2 Å². The number of nitrogens with one attached hydrogen (secondary N) is 1. The summed E-state index contributed by atoms with van der Waals surface area (Å²) in [5.74, 6) is 0.677. The predicted molar refractivity (Wildman–Crippen MR) is 82.0 cm³/mol. The number of methoxy groups -OCH3 is 1. The Kier molecular flexibility index (Phi) is 4.70. The van der Waals surface area contributed by atoms with Crippen LogP contribution in [-0.2, 0) is 9.53 Å². The number of anilines is 1. The average Bonchev–Trinajstić information content (AvgIpc) is 2.63. The van der Waals surface area contributed by atoms with E-state index >= 15 is 0 Å². The van der Waals surface area contributed by atoms with Crippen molar-refractivity contribution in [2.75, 3.05) is 12.4 Å². The van der Waals surface area contributed by atoms with Gasteiger partial charge in [0.1, 0.15) is 5.75 Å². The zero-order valence-electron chi connectivity index (χ0n) is 12.1. The molecule has 1 amide bonds. The molecular formula is C15H20BrNO3. The van der Waals surface area contributed by atoms with Gasteiger partial charge in [0.2, 0.25) is 5.91 Å². The van der Waals surface area contributed by atoms with Crippen molar-refractivity contribution in [3.63, 3.8) is 0 Å². The standard InChI is InChI=1S/C15H20BrNO3/c1-8-9(2)20-10(3)14(8)15(18)17-12-7-11(16)5-6-13(12)19-4/h5-10,14H,1-4H3,(H,17,18). The molecule has 1 aromatic carbocycles. The van der Waals surface area contributed by atoms with Gasteiger partial charge >= 0.3 is 0 Å². The first-order valence-corrected chi connectivity index (χ1v) is 7.53. The number of rotatable bonds is 3. The molecule has 0 saturated carbocycles. The molecule has 0 bridgehead atoms. The number of hydrogen-bond acceptors (Lipinski definition) is 3. The summed E-state index contributed by atoms with van der Waals surface area (Å²) in [7, 11) is 1.59. The molecule has 1 aliphatic heterocycles. The first-order chi connectivity index (χ1) is 9.43. The minimum absolute atomic E-state index is 0.0225. The highest BCUT2D eigenvalue weighted by molar-refractivity contribution is 9.10. The first kappa shape index (κ1) is 15.3. The molecule has 0 spiro atoms. The van der Waals surface area contributed by atoms with Crippen molar-refractivity contribution in [3.05, 3.63) is 22.7 Å². The fourth-order valence-electron chi connectivity index (χ4n) is 2.71. The fourth-order valence-corrected chi connectivity index (χ4v) is 3.07. The Morgan fingerprint density at radius 2 is 2.00 bits per heavy atom. The third-order valence-electron chi connectivity index (χ3n) is 3.96. The molecule has 1 fully saturated rings. The SMILES string of the molecule is COc1ccc(Br)cc1NC(=O)C1C(C)OC(C)C1C. The Bertz CT molecular complexity index is 506. The summed E-state index contributed by atoms with van der Waals surface area (Å²) in [4.78, 5) is 12.5. The molecule has 0 aliphatic carbocycles. The van der Waals surface area contributed by atoms with E-state index in [9.17, 15) is 4.79 Å². The lowest BCUT2D eigenvalue weighted by Crippen LogP contribution is -2.32. The number of hydrogen-bond donors (Lipinski definition) is 1. The van der Waals surface area contributed by atoms with Crippen molar-refractivity contribution in [2.45, 2.75) is 33.0 Å². The number of ether oxygens (including phenoxy) is 2. The van der Waals surface area contributed by atoms with Crippen molar-refractivity contribution < 1.29 is 14.3 Å². The van der Waals surface area contributed by atoms with Gasteiger partial charge in [-0.2, -0.15) is 0 Å². The van der Waals surface area contributed by atoms with Gasteiger partial charge in [0.25, 0.3) is 0 Å². The smallest absolute Gasteiger partial charge is 0.230 e. The zero-order valence-corrected chi connectivity index (χ0v) is 13.7. The summed E-state index contributed by atoms with van der Waals surface area (Å²) in [5.41, 5.74) is 0.672. The maximum Gasteiger partial charge on any atom is 0.230 e. The molecule has 4 nitrogen and oxygen atoms in total. The maximum atomic E-state index is 12.5. The highest BCUT2D eigenvalue weighted by Gasteiger charge is 2.41. The first-order valence-electron chi connectivity index (χ1n) is 6.74. The van der Waals surface area contributed by atoms with E-state index < -0.39 is 0 Å². The van der Waals surface area contributed by atoms with Crippen LogP contribution in [0.25, 0.3) is 0 Å². The lowest BCUT2D eigenvalue weighted by atomic mass is 9.89. The molecule has 0 aromatic heterocycles. The van der Waals surface area contributed by atoms with Gasteiger partial charge in [-0.1, -0.05) is 22.9 Å². The molecule has 4 atom stereocenters. The van der Waals surface area contributed by atoms with E-state index in [4.69, 9.17) is 9.47 Å². The quantitative estimate of drug-likeness (QED) is 0.915. The second-order valence-corrected chi connectivity index (χ2v) is 6.18. The maximum absolute atomic E-state index is 12.5. The monoisotopic (exact) mass is 341 g/mol. The van der Waals surface area contributed by atoms with Gasteiger partial charge in [0.05, 0.1) is 30.9 Å². The highest BCUT2D eigenvalue weighted by atomic mass is 79.9. The van der Waals surface area contributed by atoms with Crippen LogP contribution < -0.4 is 10.1 Å². The van der Waals surface area contributed by atoms with Gasteiger partial charge in [-0.25, -0.2) is 0 Å². The van der Waals surface area contributed by atoms with E-state index in [0.717, 1.165) is 4.47 Å². The van der Waals surface area contributed by atoms with Crippen LogP contribution in [0, 0.1) is 11.8 Å². The van der Waals surface area contributed by atoms with Crippen LogP contribution in [0.2, 0.25) is 0 Å². The second-order valence-electron chi connectivity index (χ2n) is 5.27. The van der Waals surface area contributed by atoms with Gasteiger partial charge in [0.15, 0.2) is 0 Å². The van der Waals surface area contributed by atoms with Gasteiger partial charge in [-0.05, 0) is 38.0 Å². The topological polar surface area (TPSA) is 47.6 Å². The van der Waals surface area contributed by atoms with Gasteiger partial charge < -0.3 is 14.8 Å². The zero-order chi connectivity index (χ0) is 14.9. The van der Waals surface area contributed by atoms with Crippen molar-refractivity contribution in [2.24, 2.45) is 11.8 Å². The van der Waals surface area contributed by atoms with Crippen LogP contribution in [-0.4, -0.2) is 25.2 Å². The number of carbonyl (C=O) groups excluding carboxylic acids is 1. The Hall–Kier alpha value is -1.07. The van der Waals surface area contributed by atoms with Crippen LogP contribution in [0.4, 0.5) is 5.69 Å². The molecule has 1 N–H and O–H groups in total. The van der Waals surface area contributed by atoms with Gasteiger partial charge in [-0.15, -0.1) is 0 Å². The van der Waals surface area contributed by atoms with Crippen LogP contribution >= 0.6 is 15.9 Å². The predicted octanol–water partition coefficient (Wildman–Crippen LogP) is 3.46. The van der Waals surface area contributed by atoms with Crippen molar-refractivity contribution in [1.82, 2.24) is 0 Å². The molecule has 2 rings (SSSR count). The highest BCUT2D eigenvalue weighted by Crippen LogP contribution is 2.34. The molecule has 0 radical (unpaired) electrons. The van der Waals surface area contributed by atoms with E-state index in [0.29, 0.717) is 11.4 Å². The molecule has 1 aromatic rings. The third kappa shape index (κ3) is 2.99. The van der Waals surface area contributed by atoms with Crippen molar-refractivity contribution in [1.29, 1.82) is 0 Å². The largest absolute Gasteiger partial charge is 0.495 e. The summed E-state index contributed by atoms with van der Waals surface area (Å²) >= 11 is 3.40. The Labute approximate surface area is 128 Å². The fraction of sp³-hybridized carbons (Fsp3) is 0.533. The number of amides is 1. The third-order valence-corrected chi connectivity index (χ3v) is 4.46. The number of benzene rings is 1. The molecule has 5 heteroatoms. The molecule has 1 saturated heterocycles. The summed E-state index contributed by atoms with van der Waals surface area (Å²) in [5, 5.41) is 2.95. The van der Waals surface area contributed by atoms with Crippen molar-refractivity contribution >= 4 is 27.5 Å². The van der Waals surface area contributed by atoms with Crippen LogP contribution in [0.3, 0.4) is 0 Å². The molecule has 20 heavy (non-hydrogen) atoms. The molecular weight excluding hydrogens is 322 g/mol. The van der Waals surface area contributed by atoms with E-state index in [1.54, 1.807) is 7.11 Å². The second kappa shape index (κ2) is 6.14. The summed E-state index contributed by atoms with van der Waals surface area (Å²) in [6, 6.07) is 5.53. The molecule has 1 aliphatic rings. The summed E-state index contributed by atoms with van der Waals surface area (Å²) in [6.07, 6.45) is 0.0308. The van der Waals surface area contributed by atoms with E-state index in [-0.39, 0.29) is 30.0 Å². The number of carbonyl (C=O) groups is 1. The Balaban J connectivity index is 2.18. The van der Waals surface area contributed by atoms with Crippen LogP contribution in [0.1, 0.15) is 20.8 Å². The minimum atomic E-state index is -0.145. The summed E-state index contributed by atoms with van der Waals surface area (Å²) < 4.78 is 11.9. The minimum Gasteiger partial charge on any atom is -0.495 e. The molecule has 4 unspecified atom stereocenters. The lowest BCUT2D eigenvalue weighted by Gasteiger charge is -2.19. The average molecular weight is 342 g/mol. The van der Waals surface area contributed by atoms with E-state index in [1.165, 1.54) is 0 Å². The lowest BCUT2D eigenvalue weighted by molar-refractivity contribution is -0.121. The van der Waals surface area contributed by atoms with Gasteiger partial charge in [-0.3, -0.25) is 4.79 Å². The Morgan fingerprint density at radius 3 is 2.55 bits per heavy atom. The van der Waals surface area contributed by atoms with Gasteiger partial charge in [0, 0.05) is 4.47 Å². The Morgan fingerprint density at radius 1 is 1.30 bits per heavy atom. The summed E-state index contributed by atoms with van der Waals surface area (Å²) in [6.45, 7) is 6.01. The van der Waals surface area contributed by atoms with E-state index in [1.807, 2.05) is 32.0 Å². The molecule has 110 valence electrons. The van der Waals surface area contributed by atoms with Crippen molar-refractivity contribution in [3.8, 4) is 5.75 Å². The molecule has 1 heterocycles. The normalized spacial score (nSPS) is 29.2. The number of halogens is 1.